The van der Waals surface area contributed by atoms with E-state index in [0.29, 0.717) is 5.56 Å². The molecule has 1 fully saturated rings. The Bertz CT molecular complexity index is 387. The Morgan fingerprint density at radius 1 is 0.762 bits per heavy atom. The van der Waals surface area contributed by atoms with Gasteiger partial charge in [-0.25, -0.2) is 4.79 Å². The van der Waals surface area contributed by atoms with Crippen molar-refractivity contribution in [2.45, 2.75) is 76.7 Å². The predicted molar refractivity (Wildman–Crippen MR) is 86.4 cm³/mol. The van der Waals surface area contributed by atoms with Crippen LogP contribution in [0.15, 0.2) is 30.3 Å². The van der Waals surface area contributed by atoms with Crippen molar-refractivity contribution in [1.29, 1.82) is 0 Å². The smallest absolute Gasteiger partial charge is 0.338 e. The molecule has 0 radical (unpaired) electrons. The molecule has 0 N–H and O–H groups in total. The molecule has 1 aliphatic rings. The van der Waals surface area contributed by atoms with Crippen LogP contribution in [0.5, 0.6) is 0 Å². The molecule has 1 aromatic rings. The first-order chi connectivity index (χ1) is 10.4. The second-order valence-corrected chi connectivity index (χ2v) is 6.15. The van der Waals surface area contributed by atoms with E-state index in [1.807, 2.05) is 30.3 Å². The molecule has 0 amide bonds. The van der Waals surface area contributed by atoms with Crippen molar-refractivity contribution in [3.63, 3.8) is 0 Å². The lowest BCUT2D eigenvalue weighted by Gasteiger charge is -2.18. The molecule has 1 aromatic carbocycles. The molecule has 2 rings (SSSR count). The summed E-state index contributed by atoms with van der Waals surface area (Å²) in [5.74, 6) is -0.160. The summed E-state index contributed by atoms with van der Waals surface area (Å²) in [6.45, 7) is 0. The quantitative estimate of drug-likeness (QED) is 0.670. The van der Waals surface area contributed by atoms with Crippen molar-refractivity contribution in [1.82, 2.24) is 0 Å². The fraction of sp³-hybridized carbons (Fsp3) is 0.632. The number of rotatable bonds is 2. The van der Waals surface area contributed by atoms with E-state index in [1.54, 1.807) is 0 Å². The number of hydrogen-bond acceptors (Lipinski definition) is 2. The first-order valence-corrected chi connectivity index (χ1v) is 8.62. The summed E-state index contributed by atoms with van der Waals surface area (Å²) >= 11 is 0. The van der Waals surface area contributed by atoms with Crippen LogP contribution in [-0.2, 0) is 4.74 Å². The molecule has 1 aliphatic carbocycles. The van der Waals surface area contributed by atoms with Crippen molar-refractivity contribution >= 4 is 5.97 Å². The Morgan fingerprint density at radius 3 is 1.76 bits per heavy atom. The monoisotopic (exact) mass is 288 g/mol. The fourth-order valence-corrected chi connectivity index (χ4v) is 3.04. The molecule has 2 heteroatoms. The normalized spacial score (nSPS) is 19.2. The molecule has 2 nitrogen and oxygen atoms in total. The highest BCUT2D eigenvalue weighted by Crippen LogP contribution is 2.19. The summed E-state index contributed by atoms with van der Waals surface area (Å²) in [5, 5.41) is 0. The Balaban J connectivity index is 1.84. The lowest BCUT2D eigenvalue weighted by molar-refractivity contribution is 0.0248. The van der Waals surface area contributed by atoms with Crippen LogP contribution in [0.2, 0.25) is 0 Å². The molecular formula is C19H28O2. The van der Waals surface area contributed by atoms with Crippen LogP contribution < -0.4 is 0 Å². The Kier molecular flexibility index (Phi) is 7.34. The molecule has 0 saturated heterocycles. The molecule has 116 valence electrons. The number of carbonyl (C=O) groups is 1. The largest absolute Gasteiger partial charge is 0.459 e. The first kappa shape index (κ1) is 16.1. The number of hydrogen-bond donors (Lipinski definition) is 0. The lowest BCUT2D eigenvalue weighted by atomic mass is 9.99. The molecule has 0 aromatic heterocycles. The van der Waals surface area contributed by atoms with Gasteiger partial charge in [-0.2, -0.15) is 0 Å². The van der Waals surface area contributed by atoms with Gasteiger partial charge in [0.05, 0.1) is 5.56 Å². The SMILES string of the molecule is O=C(OC1CCCCCCCCCCC1)c1ccccc1. The summed E-state index contributed by atoms with van der Waals surface area (Å²) in [5.41, 5.74) is 0.670. The highest BCUT2D eigenvalue weighted by Gasteiger charge is 2.15. The standard InChI is InChI=1S/C19H28O2/c20-19(17-13-9-8-10-14-17)21-18-15-11-6-4-2-1-3-5-7-12-16-18/h8-10,13-14,18H,1-7,11-12,15-16H2. The average Bonchev–Trinajstić information content (AvgIpc) is 2.51. The Labute approximate surface area is 128 Å². The van der Waals surface area contributed by atoms with Gasteiger partial charge in [-0.05, 0) is 37.8 Å². The van der Waals surface area contributed by atoms with Gasteiger partial charge < -0.3 is 4.74 Å². The fourth-order valence-electron chi connectivity index (χ4n) is 3.04. The van der Waals surface area contributed by atoms with E-state index in [-0.39, 0.29) is 12.1 Å². The summed E-state index contributed by atoms with van der Waals surface area (Å²) in [7, 11) is 0. The van der Waals surface area contributed by atoms with E-state index in [2.05, 4.69) is 0 Å². The summed E-state index contributed by atoms with van der Waals surface area (Å²) < 4.78 is 5.74. The highest BCUT2D eigenvalue weighted by atomic mass is 16.5. The van der Waals surface area contributed by atoms with Gasteiger partial charge in [0.2, 0.25) is 0 Å². The minimum absolute atomic E-state index is 0.108. The van der Waals surface area contributed by atoms with Gasteiger partial charge in [0.1, 0.15) is 6.10 Å². The van der Waals surface area contributed by atoms with E-state index in [0.717, 1.165) is 12.8 Å². The van der Waals surface area contributed by atoms with Crippen molar-refractivity contribution in [2.75, 3.05) is 0 Å². The van der Waals surface area contributed by atoms with Crippen LogP contribution in [-0.4, -0.2) is 12.1 Å². The van der Waals surface area contributed by atoms with Crippen molar-refractivity contribution < 1.29 is 9.53 Å². The van der Waals surface area contributed by atoms with Crippen LogP contribution in [0.3, 0.4) is 0 Å². The number of ether oxygens (including phenoxy) is 1. The molecule has 0 spiro atoms. The van der Waals surface area contributed by atoms with Crippen LogP contribution in [0.25, 0.3) is 0 Å². The van der Waals surface area contributed by atoms with Gasteiger partial charge in [0.25, 0.3) is 0 Å². The molecular weight excluding hydrogens is 260 g/mol. The third-order valence-corrected chi connectivity index (χ3v) is 4.34. The van der Waals surface area contributed by atoms with E-state index in [1.165, 1.54) is 57.8 Å². The molecule has 21 heavy (non-hydrogen) atoms. The van der Waals surface area contributed by atoms with Crippen LogP contribution in [0, 0.1) is 0 Å². The van der Waals surface area contributed by atoms with Crippen LogP contribution in [0.1, 0.15) is 81.0 Å². The van der Waals surface area contributed by atoms with Crippen molar-refractivity contribution in [3.8, 4) is 0 Å². The zero-order valence-corrected chi connectivity index (χ0v) is 13.1. The predicted octanol–water partition coefficient (Wildman–Crippen LogP) is 5.52. The summed E-state index contributed by atoms with van der Waals surface area (Å²) in [6.07, 6.45) is 13.9. The third-order valence-electron chi connectivity index (χ3n) is 4.34. The van der Waals surface area contributed by atoms with Gasteiger partial charge in [-0.15, -0.1) is 0 Å². The van der Waals surface area contributed by atoms with Gasteiger partial charge in [-0.1, -0.05) is 63.1 Å². The minimum atomic E-state index is -0.160. The van der Waals surface area contributed by atoms with Crippen LogP contribution in [0.4, 0.5) is 0 Å². The number of esters is 1. The molecule has 0 aliphatic heterocycles. The van der Waals surface area contributed by atoms with Gasteiger partial charge >= 0.3 is 5.97 Å². The number of benzene rings is 1. The molecule has 0 unspecified atom stereocenters. The first-order valence-electron chi connectivity index (χ1n) is 8.62. The van der Waals surface area contributed by atoms with Gasteiger partial charge in [0.15, 0.2) is 0 Å². The van der Waals surface area contributed by atoms with E-state index < -0.39 is 0 Å². The molecule has 0 bridgehead atoms. The highest BCUT2D eigenvalue weighted by molar-refractivity contribution is 5.89. The van der Waals surface area contributed by atoms with E-state index in [9.17, 15) is 4.79 Å². The van der Waals surface area contributed by atoms with Crippen molar-refractivity contribution in [2.24, 2.45) is 0 Å². The van der Waals surface area contributed by atoms with Crippen molar-refractivity contribution in [3.05, 3.63) is 35.9 Å². The maximum atomic E-state index is 12.2. The maximum Gasteiger partial charge on any atom is 0.338 e. The lowest BCUT2D eigenvalue weighted by Crippen LogP contribution is -2.18. The Morgan fingerprint density at radius 2 is 1.24 bits per heavy atom. The second-order valence-electron chi connectivity index (χ2n) is 6.15. The topological polar surface area (TPSA) is 26.3 Å². The second kappa shape index (κ2) is 9.59. The summed E-state index contributed by atoms with van der Waals surface area (Å²) in [6, 6.07) is 9.36. The van der Waals surface area contributed by atoms with E-state index in [4.69, 9.17) is 4.74 Å². The summed E-state index contributed by atoms with van der Waals surface area (Å²) in [4.78, 5) is 12.2. The maximum absolute atomic E-state index is 12.2. The molecule has 0 heterocycles. The third kappa shape index (κ3) is 6.33. The average molecular weight is 288 g/mol. The molecule has 1 saturated carbocycles. The van der Waals surface area contributed by atoms with Gasteiger partial charge in [0, 0.05) is 0 Å². The minimum Gasteiger partial charge on any atom is -0.459 e. The molecule has 0 atom stereocenters. The van der Waals surface area contributed by atoms with Crippen LogP contribution >= 0.6 is 0 Å². The van der Waals surface area contributed by atoms with E-state index >= 15 is 0 Å². The van der Waals surface area contributed by atoms with Gasteiger partial charge in [-0.3, -0.25) is 0 Å². The number of carbonyl (C=O) groups excluding carboxylic acids is 1. The Hall–Kier alpha value is -1.31. The zero-order valence-electron chi connectivity index (χ0n) is 13.1. The zero-order chi connectivity index (χ0) is 14.8.